The quantitative estimate of drug-likeness (QED) is 0.419. The zero-order valence-corrected chi connectivity index (χ0v) is 7.97. The third-order valence-electron chi connectivity index (χ3n) is 1.70. The first-order valence-electron chi connectivity index (χ1n) is 4.33. The molecule has 0 saturated carbocycles. The molecule has 0 bridgehead atoms. The molecule has 0 amide bonds. The molecule has 0 nitrogen and oxygen atoms in total. The van der Waals surface area contributed by atoms with Gasteiger partial charge < -0.3 is 0 Å². The summed E-state index contributed by atoms with van der Waals surface area (Å²) in [5.41, 5.74) is 0. The van der Waals surface area contributed by atoms with E-state index in [1.54, 1.807) is 0 Å². The summed E-state index contributed by atoms with van der Waals surface area (Å²) in [5, 5.41) is 0. The average molecular weight is 158 g/mol. The maximum atomic E-state index is 5.10. The number of hydrogen-bond acceptors (Lipinski definition) is 1. The lowest BCUT2D eigenvalue weighted by molar-refractivity contribution is 0.683. The van der Waals surface area contributed by atoms with Crippen LogP contribution in [0.4, 0.5) is 0 Å². The molecule has 0 atom stereocenters. The highest BCUT2D eigenvalue weighted by molar-refractivity contribution is 7.80. The second kappa shape index (κ2) is 7.20. The van der Waals surface area contributed by atoms with E-state index in [1.807, 2.05) is 0 Å². The monoisotopic (exact) mass is 158 g/mol. The minimum atomic E-state index is 1.08. The zero-order valence-electron chi connectivity index (χ0n) is 7.15. The van der Waals surface area contributed by atoms with E-state index in [2.05, 4.69) is 13.8 Å². The summed E-state index contributed by atoms with van der Waals surface area (Å²) in [7, 11) is 0. The van der Waals surface area contributed by atoms with Crippen molar-refractivity contribution in [2.75, 3.05) is 0 Å². The van der Waals surface area contributed by atoms with E-state index < -0.39 is 0 Å². The Morgan fingerprint density at radius 1 is 1.10 bits per heavy atom. The molecule has 0 saturated heterocycles. The van der Waals surface area contributed by atoms with Crippen LogP contribution in [0, 0.1) is 0 Å². The van der Waals surface area contributed by atoms with Gasteiger partial charge in [0.1, 0.15) is 0 Å². The van der Waals surface area contributed by atoms with Crippen molar-refractivity contribution in [1.82, 2.24) is 0 Å². The largest absolute Gasteiger partial charge is 0.0897 e. The van der Waals surface area contributed by atoms with Crippen molar-refractivity contribution >= 4 is 17.1 Å². The summed E-state index contributed by atoms with van der Waals surface area (Å²) < 4.78 is 0. The van der Waals surface area contributed by atoms with Crippen molar-refractivity contribution in [1.29, 1.82) is 0 Å². The molecule has 0 aromatic carbocycles. The van der Waals surface area contributed by atoms with E-state index >= 15 is 0 Å². The van der Waals surface area contributed by atoms with E-state index in [9.17, 15) is 0 Å². The van der Waals surface area contributed by atoms with Crippen LogP contribution < -0.4 is 0 Å². The molecule has 0 aromatic heterocycles. The predicted molar refractivity (Wildman–Crippen MR) is 51.6 cm³/mol. The molecule has 0 aliphatic rings. The summed E-state index contributed by atoms with van der Waals surface area (Å²) >= 11 is 5.10. The fourth-order valence-corrected chi connectivity index (χ4v) is 1.07. The first-order valence-corrected chi connectivity index (χ1v) is 4.73. The Bertz CT molecular complexity index is 86.7. The van der Waals surface area contributed by atoms with Crippen LogP contribution in [-0.4, -0.2) is 4.86 Å². The van der Waals surface area contributed by atoms with Crippen molar-refractivity contribution in [2.45, 2.75) is 52.4 Å². The molecule has 0 radical (unpaired) electrons. The minimum Gasteiger partial charge on any atom is -0.0897 e. The second-order valence-corrected chi connectivity index (χ2v) is 3.28. The average Bonchev–Trinajstić information content (AvgIpc) is 1.98. The number of unbranched alkanes of at least 4 members (excludes halogenated alkanes) is 3. The molecule has 0 aliphatic heterocycles. The van der Waals surface area contributed by atoms with Crippen LogP contribution in [0.15, 0.2) is 0 Å². The van der Waals surface area contributed by atoms with Crippen molar-refractivity contribution in [3.63, 3.8) is 0 Å². The van der Waals surface area contributed by atoms with Gasteiger partial charge in [-0.15, -0.1) is 0 Å². The van der Waals surface area contributed by atoms with E-state index in [-0.39, 0.29) is 0 Å². The fraction of sp³-hybridized carbons (Fsp3) is 0.889. The van der Waals surface area contributed by atoms with Crippen molar-refractivity contribution in [2.24, 2.45) is 0 Å². The van der Waals surface area contributed by atoms with Gasteiger partial charge in [-0.25, -0.2) is 0 Å². The molecule has 60 valence electrons. The number of thiocarbonyl (C=S) groups is 1. The highest BCUT2D eigenvalue weighted by Gasteiger charge is 1.92. The zero-order chi connectivity index (χ0) is 7.82. The Hall–Kier alpha value is 0.0900. The number of hydrogen-bond donors (Lipinski definition) is 0. The topological polar surface area (TPSA) is 0 Å². The van der Waals surface area contributed by atoms with Gasteiger partial charge >= 0.3 is 0 Å². The maximum absolute atomic E-state index is 5.10. The fourth-order valence-electron chi connectivity index (χ4n) is 0.926. The first-order chi connectivity index (χ1) is 4.81. The Balaban J connectivity index is 2.96. The molecule has 0 N–H and O–H groups in total. The van der Waals surface area contributed by atoms with Crippen molar-refractivity contribution < 1.29 is 0 Å². The molecule has 0 aromatic rings. The highest BCUT2D eigenvalue weighted by Crippen LogP contribution is 2.04. The summed E-state index contributed by atoms with van der Waals surface area (Å²) in [6, 6.07) is 0. The van der Waals surface area contributed by atoms with Crippen molar-refractivity contribution in [3.05, 3.63) is 0 Å². The van der Waals surface area contributed by atoms with E-state index in [0.29, 0.717) is 0 Å². The van der Waals surface area contributed by atoms with Crippen LogP contribution in [0.3, 0.4) is 0 Å². The Labute approximate surface area is 70.0 Å². The lowest BCUT2D eigenvalue weighted by Gasteiger charge is -1.98. The lowest BCUT2D eigenvalue weighted by atomic mass is 10.1. The van der Waals surface area contributed by atoms with Gasteiger partial charge in [0, 0.05) is 0 Å². The summed E-state index contributed by atoms with van der Waals surface area (Å²) in [5.74, 6) is 0. The van der Waals surface area contributed by atoms with Crippen LogP contribution in [-0.2, 0) is 0 Å². The third-order valence-corrected chi connectivity index (χ3v) is 2.20. The van der Waals surface area contributed by atoms with Crippen molar-refractivity contribution in [3.8, 4) is 0 Å². The van der Waals surface area contributed by atoms with Gasteiger partial charge in [-0.1, -0.05) is 45.3 Å². The summed E-state index contributed by atoms with van der Waals surface area (Å²) in [6.07, 6.45) is 7.61. The van der Waals surface area contributed by atoms with Gasteiger partial charge in [0.25, 0.3) is 0 Å². The van der Waals surface area contributed by atoms with E-state index in [4.69, 9.17) is 12.2 Å². The molecule has 10 heavy (non-hydrogen) atoms. The molecule has 1 heteroatoms. The summed E-state index contributed by atoms with van der Waals surface area (Å²) in [4.78, 5) is 1.25. The van der Waals surface area contributed by atoms with Crippen LogP contribution in [0.1, 0.15) is 52.4 Å². The van der Waals surface area contributed by atoms with Gasteiger partial charge in [-0.3, -0.25) is 0 Å². The van der Waals surface area contributed by atoms with Gasteiger partial charge in [0.15, 0.2) is 0 Å². The van der Waals surface area contributed by atoms with E-state index in [0.717, 1.165) is 6.42 Å². The first kappa shape index (κ1) is 10.1. The summed E-state index contributed by atoms with van der Waals surface area (Å²) in [6.45, 7) is 4.38. The molecule has 0 unspecified atom stereocenters. The Morgan fingerprint density at radius 3 is 2.30 bits per heavy atom. The van der Waals surface area contributed by atoms with Gasteiger partial charge in [0.2, 0.25) is 0 Å². The molecular formula is C9H18S. The van der Waals surface area contributed by atoms with Crippen LogP contribution in [0.25, 0.3) is 0 Å². The Kier molecular flexibility index (Phi) is 7.26. The van der Waals surface area contributed by atoms with Gasteiger partial charge in [-0.2, -0.15) is 0 Å². The minimum absolute atomic E-state index is 1.08. The van der Waals surface area contributed by atoms with Gasteiger partial charge in [-0.05, 0) is 24.1 Å². The normalized spacial score (nSPS) is 9.80. The third kappa shape index (κ3) is 6.21. The molecule has 0 fully saturated rings. The van der Waals surface area contributed by atoms with Crippen LogP contribution >= 0.6 is 12.2 Å². The Morgan fingerprint density at radius 2 is 1.80 bits per heavy atom. The standard InChI is InChI=1S/C9H18S/c1-3-5-6-7-8-9(10)4-2/h3-8H2,1-2H3. The smallest absolute Gasteiger partial charge is 0.00742 e. The highest BCUT2D eigenvalue weighted by atomic mass is 32.1. The predicted octanol–water partition coefficient (Wildman–Crippen LogP) is 3.74. The van der Waals surface area contributed by atoms with Gasteiger partial charge in [0.05, 0.1) is 0 Å². The maximum Gasteiger partial charge on any atom is -0.00742 e. The number of rotatable bonds is 6. The molecular weight excluding hydrogens is 140 g/mol. The second-order valence-electron chi connectivity index (χ2n) is 2.70. The molecule has 0 spiro atoms. The SMILES string of the molecule is CCCCCCC(=S)CC. The van der Waals surface area contributed by atoms with E-state index in [1.165, 1.54) is 37.0 Å². The molecule has 0 heterocycles. The van der Waals surface area contributed by atoms with Crippen LogP contribution in [0.5, 0.6) is 0 Å². The lowest BCUT2D eigenvalue weighted by Crippen LogP contribution is -1.90. The molecule has 0 aliphatic carbocycles. The van der Waals surface area contributed by atoms with Crippen LogP contribution in [0.2, 0.25) is 0 Å². The molecule has 0 rings (SSSR count).